The Morgan fingerprint density at radius 2 is 1.82 bits per heavy atom. The van der Waals surface area contributed by atoms with Crippen LogP contribution in [0.4, 0.5) is 5.69 Å². The first-order valence-corrected chi connectivity index (χ1v) is 12.5. The molecule has 0 spiro atoms. The van der Waals surface area contributed by atoms with E-state index in [1.54, 1.807) is 31.5 Å². The van der Waals surface area contributed by atoms with Crippen LogP contribution in [0.2, 0.25) is 0 Å². The van der Waals surface area contributed by atoms with Crippen molar-refractivity contribution in [2.24, 2.45) is 0 Å². The number of ether oxygens (including phenoxy) is 1. The lowest BCUT2D eigenvalue weighted by Crippen LogP contribution is -2.24. The van der Waals surface area contributed by atoms with E-state index in [0.29, 0.717) is 44.9 Å². The highest BCUT2D eigenvalue weighted by molar-refractivity contribution is 5.96. The maximum absolute atomic E-state index is 13.5. The standard InChI is InChI=1S/C31H30N2O5/c1-17-13-22(19(3)33-24-10-8-7-9-21(24)30(35)38-31(4,5)6)29-23(14-17)27(34)18(2)28(37-29)25-15-20-11-12-32-16-26(20)36-25/h7-16,19,33H,1-6H3. The second kappa shape index (κ2) is 9.49. The Balaban J connectivity index is 1.60. The van der Waals surface area contributed by atoms with Crippen molar-refractivity contribution >= 4 is 33.6 Å². The van der Waals surface area contributed by atoms with E-state index in [1.807, 2.05) is 71.0 Å². The highest BCUT2D eigenvalue weighted by atomic mass is 16.6. The fourth-order valence-electron chi connectivity index (χ4n) is 4.55. The van der Waals surface area contributed by atoms with E-state index >= 15 is 0 Å². The molecule has 38 heavy (non-hydrogen) atoms. The third-order valence-electron chi connectivity index (χ3n) is 6.32. The molecular weight excluding hydrogens is 480 g/mol. The minimum absolute atomic E-state index is 0.119. The highest BCUT2D eigenvalue weighted by Gasteiger charge is 2.23. The minimum Gasteiger partial charge on any atom is -0.456 e. The predicted molar refractivity (Wildman–Crippen MR) is 149 cm³/mol. The summed E-state index contributed by atoms with van der Waals surface area (Å²) in [5.41, 5.74) is 3.59. The molecule has 2 aromatic carbocycles. The van der Waals surface area contributed by atoms with Gasteiger partial charge in [-0.15, -0.1) is 0 Å². The Bertz CT molecular complexity index is 1710. The van der Waals surface area contributed by atoms with Crippen molar-refractivity contribution in [2.45, 2.75) is 53.2 Å². The number of para-hydroxylation sites is 1. The number of anilines is 1. The van der Waals surface area contributed by atoms with Crippen molar-refractivity contribution in [3.8, 4) is 11.5 Å². The zero-order valence-corrected chi connectivity index (χ0v) is 22.3. The van der Waals surface area contributed by atoms with Crippen molar-refractivity contribution in [3.63, 3.8) is 0 Å². The van der Waals surface area contributed by atoms with Gasteiger partial charge in [-0.25, -0.2) is 4.79 Å². The van der Waals surface area contributed by atoms with Gasteiger partial charge < -0.3 is 18.9 Å². The Morgan fingerprint density at radius 1 is 1.05 bits per heavy atom. The molecular formula is C31H30N2O5. The molecule has 5 aromatic rings. The summed E-state index contributed by atoms with van der Waals surface area (Å²) >= 11 is 0. The molecule has 0 bridgehead atoms. The number of carbonyl (C=O) groups is 1. The molecule has 0 saturated carbocycles. The van der Waals surface area contributed by atoms with Gasteiger partial charge in [-0.2, -0.15) is 0 Å². The van der Waals surface area contributed by atoms with Crippen LogP contribution in [-0.2, 0) is 4.74 Å². The average molecular weight is 511 g/mol. The molecule has 0 aliphatic heterocycles. The quantitative estimate of drug-likeness (QED) is 0.247. The lowest BCUT2D eigenvalue weighted by molar-refractivity contribution is 0.00706. The molecule has 0 fully saturated rings. The summed E-state index contributed by atoms with van der Waals surface area (Å²) in [7, 11) is 0. The second-order valence-corrected chi connectivity index (χ2v) is 10.6. The van der Waals surface area contributed by atoms with Gasteiger partial charge in [0.15, 0.2) is 22.5 Å². The number of carbonyl (C=O) groups excluding carboxylic acids is 1. The molecule has 0 aliphatic rings. The first-order chi connectivity index (χ1) is 18.0. The Labute approximate surface area is 220 Å². The number of aromatic nitrogens is 1. The van der Waals surface area contributed by atoms with Gasteiger partial charge in [0.1, 0.15) is 11.2 Å². The topological polar surface area (TPSA) is 94.6 Å². The van der Waals surface area contributed by atoms with Crippen molar-refractivity contribution in [3.05, 3.63) is 93.4 Å². The number of rotatable bonds is 5. The van der Waals surface area contributed by atoms with Crippen LogP contribution in [0.25, 0.3) is 33.5 Å². The van der Waals surface area contributed by atoms with E-state index in [2.05, 4.69) is 10.3 Å². The van der Waals surface area contributed by atoms with Crippen LogP contribution >= 0.6 is 0 Å². The molecule has 0 aliphatic carbocycles. The fraction of sp³-hybridized carbons (Fsp3) is 0.258. The van der Waals surface area contributed by atoms with Gasteiger partial charge in [-0.3, -0.25) is 9.78 Å². The first kappa shape index (κ1) is 25.3. The number of hydrogen-bond donors (Lipinski definition) is 1. The SMILES string of the molecule is Cc1cc(C(C)Nc2ccccc2C(=O)OC(C)(C)C)c2oc(-c3cc4ccncc4o3)c(C)c(=O)c2c1. The number of nitrogens with zero attached hydrogens (tertiary/aromatic N) is 1. The monoisotopic (exact) mass is 510 g/mol. The number of benzene rings is 2. The maximum atomic E-state index is 13.5. The third kappa shape index (κ3) is 4.79. The van der Waals surface area contributed by atoms with Crippen molar-refractivity contribution < 1.29 is 18.4 Å². The summed E-state index contributed by atoms with van der Waals surface area (Å²) in [6.07, 6.45) is 3.32. The number of hydrogen-bond acceptors (Lipinski definition) is 7. The second-order valence-electron chi connectivity index (χ2n) is 10.6. The van der Waals surface area contributed by atoms with E-state index in [1.165, 1.54) is 0 Å². The summed E-state index contributed by atoms with van der Waals surface area (Å²) in [6.45, 7) is 11.2. The van der Waals surface area contributed by atoms with E-state index in [0.717, 1.165) is 16.5 Å². The summed E-state index contributed by atoms with van der Waals surface area (Å²) in [5, 5.41) is 4.80. The number of fused-ring (bicyclic) bond motifs is 2. The summed E-state index contributed by atoms with van der Waals surface area (Å²) < 4.78 is 18.0. The molecule has 0 amide bonds. The van der Waals surface area contributed by atoms with Gasteiger partial charge in [-0.05, 0) is 77.4 Å². The van der Waals surface area contributed by atoms with Gasteiger partial charge in [0.05, 0.1) is 23.2 Å². The van der Waals surface area contributed by atoms with Crippen molar-refractivity contribution in [1.29, 1.82) is 0 Å². The van der Waals surface area contributed by atoms with Crippen molar-refractivity contribution in [1.82, 2.24) is 4.98 Å². The number of esters is 1. The lowest BCUT2D eigenvalue weighted by Gasteiger charge is -2.23. The maximum Gasteiger partial charge on any atom is 0.340 e. The van der Waals surface area contributed by atoms with Crippen LogP contribution in [-0.4, -0.2) is 16.6 Å². The third-order valence-corrected chi connectivity index (χ3v) is 6.32. The van der Waals surface area contributed by atoms with Gasteiger partial charge in [-0.1, -0.05) is 18.2 Å². The van der Waals surface area contributed by atoms with Gasteiger partial charge in [0.2, 0.25) is 0 Å². The lowest BCUT2D eigenvalue weighted by atomic mass is 9.99. The molecule has 194 valence electrons. The first-order valence-electron chi connectivity index (χ1n) is 12.5. The molecule has 1 unspecified atom stereocenters. The predicted octanol–water partition coefficient (Wildman–Crippen LogP) is 7.35. The Morgan fingerprint density at radius 3 is 2.55 bits per heavy atom. The van der Waals surface area contributed by atoms with Crippen molar-refractivity contribution in [2.75, 3.05) is 5.32 Å². The van der Waals surface area contributed by atoms with E-state index in [-0.39, 0.29) is 11.5 Å². The number of nitrogens with one attached hydrogen (secondary N) is 1. The van der Waals surface area contributed by atoms with E-state index in [4.69, 9.17) is 13.6 Å². The van der Waals surface area contributed by atoms with E-state index in [9.17, 15) is 9.59 Å². The zero-order chi connectivity index (χ0) is 27.2. The van der Waals surface area contributed by atoms with Gasteiger partial charge in [0, 0.05) is 28.4 Å². The van der Waals surface area contributed by atoms with Crippen LogP contribution in [0.5, 0.6) is 0 Å². The Kier molecular flexibility index (Phi) is 6.31. The molecule has 3 heterocycles. The largest absolute Gasteiger partial charge is 0.456 e. The van der Waals surface area contributed by atoms with Gasteiger partial charge >= 0.3 is 5.97 Å². The zero-order valence-electron chi connectivity index (χ0n) is 22.3. The van der Waals surface area contributed by atoms with Gasteiger partial charge in [0.25, 0.3) is 0 Å². The molecule has 7 heteroatoms. The molecule has 7 nitrogen and oxygen atoms in total. The summed E-state index contributed by atoms with van der Waals surface area (Å²) in [5.74, 6) is 0.433. The molecule has 0 saturated heterocycles. The number of aryl methyl sites for hydroxylation is 1. The van der Waals surface area contributed by atoms with Crippen LogP contribution in [0.15, 0.2) is 74.6 Å². The molecule has 5 rings (SSSR count). The normalized spacial score (nSPS) is 12.6. The van der Waals surface area contributed by atoms with Crippen LogP contribution in [0.1, 0.15) is 60.8 Å². The smallest absolute Gasteiger partial charge is 0.340 e. The molecule has 1 N–H and O–H groups in total. The summed E-state index contributed by atoms with van der Waals surface area (Å²) in [4.78, 5) is 30.5. The summed E-state index contributed by atoms with van der Waals surface area (Å²) in [6, 6.07) is 14.4. The van der Waals surface area contributed by atoms with Crippen LogP contribution in [0.3, 0.4) is 0 Å². The molecule has 3 aromatic heterocycles. The van der Waals surface area contributed by atoms with Crippen LogP contribution < -0.4 is 10.7 Å². The Hall–Kier alpha value is -4.39. The number of pyridine rings is 1. The molecule has 1 atom stereocenters. The fourth-order valence-corrected chi connectivity index (χ4v) is 4.55. The highest BCUT2D eigenvalue weighted by Crippen LogP contribution is 2.34. The van der Waals surface area contributed by atoms with Crippen LogP contribution in [0, 0.1) is 13.8 Å². The minimum atomic E-state index is -0.618. The van der Waals surface area contributed by atoms with E-state index < -0.39 is 11.6 Å². The molecule has 0 radical (unpaired) electrons. The average Bonchev–Trinajstić information content (AvgIpc) is 3.29. The number of furan rings is 1.